The lowest BCUT2D eigenvalue weighted by molar-refractivity contribution is -0.149. The SMILES string of the molecule is COc1ccc(COC(=O)[C@H](CCCCNC(=O)[C@H](CCCCNC(=O)OCC2c3ccccc3-c3ccccc32)NC(=O)OCC2c3ccccc3-c3ccccc32)NC(=O)[C@H](CCCCNC(=O)OCC2c3ccccc3-c3ccccc32)NC(=O)OCC2c3ccccc3-c3ccccc32)cc1. The normalized spacial score (nSPS) is 13.6. The molecule has 19 heteroatoms. The van der Waals surface area contributed by atoms with Crippen LogP contribution in [0.25, 0.3) is 44.5 Å². The smallest absolute Gasteiger partial charge is 0.407 e. The zero-order valence-electron chi connectivity index (χ0n) is 58.7. The van der Waals surface area contributed by atoms with Crippen LogP contribution in [-0.4, -0.2) is 113 Å². The summed E-state index contributed by atoms with van der Waals surface area (Å²) in [7, 11) is 1.55. The molecule has 0 radical (unpaired) electrons. The fraction of sp³-hybridized carbons (Fsp3) is 0.291. The minimum Gasteiger partial charge on any atom is -0.497 e. The van der Waals surface area contributed by atoms with Gasteiger partial charge in [0, 0.05) is 43.3 Å². The van der Waals surface area contributed by atoms with Gasteiger partial charge in [0.2, 0.25) is 11.8 Å². The Morgan fingerprint density at radius 2 is 0.590 bits per heavy atom. The van der Waals surface area contributed by atoms with Crippen molar-refractivity contribution in [3.8, 4) is 50.3 Å². The van der Waals surface area contributed by atoms with Gasteiger partial charge in [0.15, 0.2) is 0 Å². The fourth-order valence-electron chi connectivity index (χ4n) is 15.0. The molecule has 0 fully saturated rings. The summed E-state index contributed by atoms with van der Waals surface area (Å²) in [6.45, 7) is 0.807. The van der Waals surface area contributed by atoms with E-state index in [1.165, 1.54) is 0 Å². The van der Waals surface area contributed by atoms with Crippen LogP contribution >= 0.6 is 0 Å². The van der Waals surface area contributed by atoms with E-state index in [0.717, 1.165) is 89.0 Å². The van der Waals surface area contributed by atoms with Crippen LogP contribution in [0.15, 0.2) is 218 Å². The van der Waals surface area contributed by atoms with Crippen molar-refractivity contribution in [2.24, 2.45) is 0 Å². The van der Waals surface area contributed by atoms with Gasteiger partial charge in [-0.3, -0.25) is 9.59 Å². The molecule has 105 heavy (non-hydrogen) atoms. The highest BCUT2D eigenvalue weighted by Gasteiger charge is 2.35. The number of carbonyl (C=O) groups is 7. The van der Waals surface area contributed by atoms with E-state index in [4.69, 9.17) is 28.4 Å². The van der Waals surface area contributed by atoms with Gasteiger partial charge in [-0.2, -0.15) is 0 Å². The molecule has 19 nitrogen and oxygen atoms in total. The summed E-state index contributed by atoms with van der Waals surface area (Å²) in [5, 5.41) is 17.2. The molecule has 9 aromatic carbocycles. The van der Waals surface area contributed by atoms with Crippen LogP contribution in [0.4, 0.5) is 19.2 Å². The minimum atomic E-state index is -1.21. The second-order valence-corrected chi connectivity index (χ2v) is 26.8. The number of alkyl carbamates (subject to hydrolysis) is 4. The molecule has 0 unspecified atom stereocenters. The summed E-state index contributed by atoms with van der Waals surface area (Å²) < 4.78 is 34.6. The third-order valence-electron chi connectivity index (χ3n) is 20.3. The average molecular weight is 1410 g/mol. The minimum absolute atomic E-state index is 0.00941. The Labute approximate surface area is 611 Å². The Balaban J connectivity index is 0.639. The lowest BCUT2D eigenvalue weighted by Gasteiger charge is -2.23. The van der Waals surface area contributed by atoms with Crippen LogP contribution in [0.5, 0.6) is 5.75 Å². The van der Waals surface area contributed by atoms with Crippen molar-refractivity contribution in [3.05, 3.63) is 268 Å². The summed E-state index contributed by atoms with van der Waals surface area (Å²) >= 11 is 0. The number of unbranched alkanes of at least 4 members (excludes halogenated alkanes) is 3. The molecule has 0 heterocycles. The zero-order valence-corrected chi connectivity index (χ0v) is 58.7. The first-order valence-corrected chi connectivity index (χ1v) is 36.3. The average Bonchev–Trinajstić information content (AvgIpc) is 1.64. The van der Waals surface area contributed by atoms with Gasteiger partial charge in [0.25, 0.3) is 0 Å². The van der Waals surface area contributed by atoms with Gasteiger partial charge in [-0.25, -0.2) is 24.0 Å². The van der Waals surface area contributed by atoms with Crippen LogP contribution in [0.3, 0.4) is 0 Å². The molecule has 9 aromatic rings. The number of ether oxygens (including phenoxy) is 6. The van der Waals surface area contributed by atoms with Crippen LogP contribution in [0, 0.1) is 0 Å². The number of amides is 6. The number of esters is 1. The van der Waals surface area contributed by atoms with E-state index < -0.39 is 60.3 Å². The van der Waals surface area contributed by atoms with Gasteiger partial charge < -0.3 is 60.3 Å². The lowest BCUT2D eigenvalue weighted by Crippen LogP contribution is -2.52. The maximum atomic E-state index is 14.7. The molecule has 4 aliphatic carbocycles. The summed E-state index contributed by atoms with van der Waals surface area (Å²) in [5.41, 5.74) is 17.9. The Morgan fingerprint density at radius 1 is 0.305 bits per heavy atom. The van der Waals surface area contributed by atoms with Crippen molar-refractivity contribution in [3.63, 3.8) is 0 Å². The summed E-state index contributed by atoms with van der Waals surface area (Å²) in [5.74, 6) is -1.93. The Hall–Kier alpha value is -11.7. The van der Waals surface area contributed by atoms with Crippen molar-refractivity contribution in [1.29, 1.82) is 0 Å². The standard InChI is InChI=1S/C86H86N6O13/c1-100-56-45-43-55(44-46-56)50-101-82(95)79(90-81(94)78(92-86(99)105-54-76-71-38-16-8-30-63(71)64-31-9-17-39-72(64)76)41-19-23-49-89-84(97)103-52-74-67-34-12-4-26-59(67)60-27-5-13-35-68(60)74)42-20-21-47-87-80(93)77(91-85(98)104-53-75-69-36-14-6-28-61(69)62-29-7-15-37-70(62)75)40-18-22-48-88-83(96)102-51-73-65-32-10-2-24-57(65)58-25-3-11-33-66(58)73/h2-17,24-39,43-46,73-79H,18-23,40-42,47-54H2,1H3,(H,87,93)(H,88,96)(H,89,97)(H,90,94)(H,91,98)(H,92,99)/t77-,78-,79-/m0/s1. The van der Waals surface area contributed by atoms with Crippen molar-refractivity contribution in [2.45, 2.75) is 106 Å². The van der Waals surface area contributed by atoms with Crippen LogP contribution in [0.2, 0.25) is 0 Å². The first kappa shape index (κ1) is 71.7. The van der Waals surface area contributed by atoms with Crippen molar-refractivity contribution in [2.75, 3.05) is 53.2 Å². The molecule has 538 valence electrons. The quantitative estimate of drug-likeness (QED) is 0.0131. The Morgan fingerprint density at radius 3 is 0.914 bits per heavy atom. The lowest BCUT2D eigenvalue weighted by atomic mass is 9.98. The van der Waals surface area contributed by atoms with Crippen molar-refractivity contribution < 1.29 is 62.0 Å². The fourth-order valence-corrected chi connectivity index (χ4v) is 15.0. The first-order valence-electron chi connectivity index (χ1n) is 36.3. The number of nitrogens with one attached hydrogen (secondary N) is 6. The summed E-state index contributed by atoms with van der Waals surface area (Å²) in [6, 6.07) is 68.0. The van der Waals surface area contributed by atoms with Gasteiger partial charge in [0.05, 0.1) is 7.11 Å². The van der Waals surface area contributed by atoms with Crippen LogP contribution in [-0.2, 0) is 44.7 Å². The van der Waals surface area contributed by atoms with Gasteiger partial charge in [-0.05, 0) is 164 Å². The van der Waals surface area contributed by atoms with Crippen LogP contribution < -0.4 is 36.6 Å². The van der Waals surface area contributed by atoms with Crippen LogP contribution in [0.1, 0.15) is 132 Å². The molecule has 4 aliphatic rings. The van der Waals surface area contributed by atoms with Crippen molar-refractivity contribution >= 4 is 42.2 Å². The van der Waals surface area contributed by atoms with E-state index >= 15 is 0 Å². The predicted molar refractivity (Wildman–Crippen MR) is 399 cm³/mol. The van der Waals surface area contributed by atoms with E-state index in [1.54, 1.807) is 31.4 Å². The Kier molecular flexibility index (Phi) is 23.5. The van der Waals surface area contributed by atoms with Gasteiger partial charge in [-0.15, -0.1) is 0 Å². The number of carbonyl (C=O) groups excluding carboxylic acids is 7. The zero-order chi connectivity index (χ0) is 72.4. The third kappa shape index (κ3) is 17.2. The molecular formula is C86H86N6O13. The van der Waals surface area contributed by atoms with Gasteiger partial charge in [0.1, 0.15) is 56.9 Å². The van der Waals surface area contributed by atoms with Gasteiger partial charge >= 0.3 is 30.3 Å². The monoisotopic (exact) mass is 1410 g/mol. The largest absolute Gasteiger partial charge is 0.497 e. The summed E-state index contributed by atoms with van der Waals surface area (Å²) in [4.78, 5) is 97.4. The molecule has 0 spiro atoms. The molecule has 6 amide bonds. The molecule has 13 rings (SSSR count). The number of fused-ring (bicyclic) bond motifs is 12. The predicted octanol–water partition coefficient (Wildman–Crippen LogP) is 14.7. The molecular weight excluding hydrogens is 1320 g/mol. The number of rotatable bonds is 32. The van der Waals surface area contributed by atoms with E-state index in [-0.39, 0.29) is 95.6 Å². The highest BCUT2D eigenvalue weighted by Crippen LogP contribution is 2.48. The van der Waals surface area contributed by atoms with E-state index in [9.17, 15) is 33.6 Å². The second-order valence-electron chi connectivity index (χ2n) is 26.8. The first-order chi connectivity index (χ1) is 51.5. The summed E-state index contributed by atoms with van der Waals surface area (Å²) in [6.07, 6.45) is -0.0707. The van der Waals surface area contributed by atoms with Crippen molar-refractivity contribution in [1.82, 2.24) is 31.9 Å². The number of hydrogen-bond donors (Lipinski definition) is 6. The Bertz CT molecular complexity index is 4420. The molecule has 0 aromatic heterocycles. The second kappa shape index (κ2) is 34.5. The maximum absolute atomic E-state index is 14.7. The van der Waals surface area contributed by atoms with E-state index in [0.29, 0.717) is 49.8 Å². The highest BCUT2D eigenvalue weighted by molar-refractivity contribution is 5.90. The molecule has 0 aliphatic heterocycles. The molecule has 6 N–H and O–H groups in total. The third-order valence-corrected chi connectivity index (χ3v) is 20.3. The number of benzene rings is 9. The molecule has 0 saturated carbocycles. The topological polar surface area (TPSA) is 247 Å². The number of methoxy groups -OCH3 is 1. The molecule has 0 bridgehead atoms. The number of hydrogen-bond acceptors (Lipinski definition) is 13. The van der Waals surface area contributed by atoms with E-state index in [2.05, 4.69) is 92.6 Å². The maximum Gasteiger partial charge on any atom is 0.407 e. The van der Waals surface area contributed by atoms with E-state index in [1.807, 2.05) is 133 Å². The molecule has 0 saturated heterocycles. The van der Waals surface area contributed by atoms with Gasteiger partial charge in [-0.1, -0.05) is 206 Å². The highest BCUT2D eigenvalue weighted by atomic mass is 16.6. The molecule has 3 atom stereocenters.